The first kappa shape index (κ1) is 23.2. The maximum atomic E-state index is 13.3. The largest absolute Gasteiger partial charge is 0.418 e. The van der Waals surface area contributed by atoms with Crippen LogP contribution in [0.4, 0.5) is 33.7 Å². The summed E-state index contributed by atoms with van der Waals surface area (Å²) in [5, 5.41) is 8.12. The zero-order chi connectivity index (χ0) is 23.8. The maximum absolute atomic E-state index is 13.3. The van der Waals surface area contributed by atoms with Crippen molar-refractivity contribution >= 4 is 38.6 Å². The number of thiophene rings is 1. The minimum absolute atomic E-state index is 0.000949. The van der Waals surface area contributed by atoms with Gasteiger partial charge in [0.2, 0.25) is 0 Å². The third-order valence-electron chi connectivity index (χ3n) is 5.12. The molecular weight excluding hydrogens is 480 g/mol. The van der Waals surface area contributed by atoms with Gasteiger partial charge in [-0.3, -0.25) is 0 Å². The third-order valence-corrected chi connectivity index (χ3v) is 7.68. The molecule has 1 fully saturated rings. The summed E-state index contributed by atoms with van der Waals surface area (Å²) in [5.74, 6) is -0.979. The van der Waals surface area contributed by atoms with Gasteiger partial charge in [-0.05, 0) is 71.5 Å². The molecule has 174 valence electrons. The Morgan fingerprint density at radius 2 is 1.76 bits per heavy atom. The highest BCUT2D eigenvalue weighted by Gasteiger charge is 2.34. The molecule has 0 atom stereocenters. The molecule has 0 radical (unpaired) electrons. The second kappa shape index (κ2) is 8.79. The number of benzene rings is 2. The van der Waals surface area contributed by atoms with Crippen LogP contribution in [-0.4, -0.2) is 20.2 Å². The van der Waals surface area contributed by atoms with Crippen LogP contribution in [-0.2, 0) is 16.0 Å². The van der Waals surface area contributed by atoms with Crippen molar-refractivity contribution in [1.29, 1.82) is 0 Å². The number of nitrogens with one attached hydrogen (secondary N) is 2. The average molecular weight is 499 g/mol. The highest BCUT2D eigenvalue weighted by atomic mass is 32.2. The van der Waals surface area contributed by atoms with E-state index >= 15 is 0 Å². The van der Waals surface area contributed by atoms with Crippen molar-refractivity contribution in [1.82, 2.24) is 0 Å². The number of amides is 2. The number of hydrogen-bond donors (Lipinski definition) is 2. The first-order valence-electron chi connectivity index (χ1n) is 9.87. The van der Waals surface area contributed by atoms with Crippen LogP contribution in [0.2, 0.25) is 0 Å². The van der Waals surface area contributed by atoms with Gasteiger partial charge >= 0.3 is 12.2 Å². The first-order chi connectivity index (χ1) is 15.5. The number of carbonyl (C=O) groups excluding carboxylic acids is 1. The Morgan fingerprint density at radius 1 is 1.03 bits per heavy atom. The number of anilines is 2. The predicted molar refractivity (Wildman–Crippen MR) is 119 cm³/mol. The fraction of sp³-hybridized carbons (Fsp3) is 0.227. The SMILES string of the molecule is O=C(Nc1cc(S(=O)(=O)CC2CC2)ccc1-c1ccsc1)Nc1ccc(F)cc1C(F)(F)F. The van der Waals surface area contributed by atoms with Crippen molar-refractivity contribution in [3.8, 4) is 11.1 Å². The van der Waals surface area contributed by atoms with Crippen LogP contribution in [0.3, 0.4) is 0 Å². The normalized spacial score (nSPS) is 14.2. The van der Waals surface area contributed by atoms with Crippen LogP contribution < -0.4 is 10.6 Å². The average Bonchev–Trinajstić information content (AvgIpc) is 3.36. The molecule has 2 N–H and O–H groups in total. The van der Waals surface area contributed by atoms with Gasteiger partial charge in [0, 0.05) is 5.56 Å². The summed E-state index contributed by atoms with van der Waals surface area (Å²) in [6.07, 6.45) is -3.19. The van der Waals surface area contributed by atoms with Crippen LogP contribution in [0.1, 0.15) is 18.4 Å². The van der Waals surface area contributed by atoms with Crippen molar-refractivity contribution in [2.24, 2.45) is 5.92 Å². The molecule has 1 heterocycles. The second-order valence-electron chi connectivity index (χ2n) is 7.71. The van der Waals surface area contributed by atoms with Gasteiger partial charge in [-0.25, -0.2) is 17.6 Å². The van der Waals surface area contributed by atoms with E-state index in [0.29, 0.717) is 11.1 Å². The molecule has 3 aromatic rings. The van der Waals surface area contributed by atoms with Crippen LogP contribution in [0, 0.1) is 11.7 Å². The number of hydrogen-bond acceptors (Lipinski definition) is 4. The van der Waals surface area contributed by atoms with E-state index in [0.717, 1.165) is 25.0 Å². The predicted octanol–water partition coefficient (Wildman–Crippen LogP) is 6.40. The highest BCUT2D eigenvalue weighted by Crippen LogP contribution is 2.37. The summed E-state index contributed by atoms with van der Waals surface area (Å²) in [6, 6.07) is 6.95. The van der Waals surface area contributed by atoms with Crippen LogP contribution in [0.15, 0.2) is 58.1 Å². The van der Waals surface area contributed by atoms with E-state index in [2.05, 4.69) is 10.6 Å². The van der Waals surface area contributed by atoms with Crippen molar-refractivity contribution in [2.45, 2.75) is 23.9 Å². The summed E-state index contributed by atoms with van der Waals surface area (Å²) < 4.78 is 78.5. The molecule has 2 amide bonds. The molecule has 1 saturated carbocycles. The molecule has 0 saturated heterocycles. The number of halogens is 4. The maximum Gasteiger partial charge on any atom is 0.418 e. The van der Waals surface area contributed by atoms with E-state index in [1.807, 2.05) is 0 Å². The Bertz CT molecular complexity index is 1290. The summed E-state index contributed by atoms with van der Waals surface area (Å²) in [7, 11) is -3.59. The van der Waals surface area contributed by atoms with Crippen LogP contribution in [0.5, 0.6) is 0 Å². The van der Waals surface area contributed by atoms with Crippen LogP contribution >= 0.6 is 11.3 Å². The lowest BCUT2D eigenvalue weighted by molar-refractivity contribution is -0.137. The fourth-order valence-electron chi connectivity index (χ4n) is 3.32. The van der Waals surface area contributed by atoms with Gasteiger partial charge in [0.05, 0.1) is 27.6 Å². The van der Waals surface area contributed by atoms with Gasteiger partial charge in [-0.1, -0.05) is 6.07 Å². The molecule has 4 rings (SSSR count). The molecule has 1 aliphatic rings. The molecule has 5 nitrogen and oxygen atoms in total. The number of carbonyl (C=O) groups is 1. The van der Waals surface area contributed by atoms with Crippen molar-refractivity contribution < 1.29 is 30.8 Å². The molecule has 1 aromatic heterocycles. The molecular formula is C22H18F4N2O3S2. The lowest BCUT2D eigenvalue weighted by Crippen LogP contribution is -2.22. The topological polar surface area (TPSA) is 75.3 Å². The van der Waals surface area contributed by atoms with Crippen LogP contribution in [0.25, 0.3) is 11.1 Å². The molecule has 0 spiro atoms. The Hall–Kier alpha value is -2.92. The number of alkyl halides is 3. The van der Waals surface area contributed by atoms with Gasteiger partial charge in [-0.15, -0.1) is 0 Å². The number of urea groups is 1. The Morgan fingerprint density at radius 3 is 2.39 bits per heavy atom. The molecule has 11 heteroatoms. The van der Waals surface area contributed by atoms with Gasteiger partial charge in [-0.2, -0.15) is 24.5 Å². The van der Waals surface area contributed by atoms with Crippen molar-refractivity contribution in [3.63, 3.8) is 0 Å². The quantitative estimate of drug-likeness (QED) is 0.386. The molecule has 0 unspecified atom stereocenters. The van der Waals surface area contributed by atoms with E-state index in [1.54, 1.807) is 22.9 Å². The summed E-state index contributed by atoms with van der Waals surface area (Å²) in [6.45, 7) is 0. The van der Waals surface area contributed by atoms with Gasteiger partial charge in [0.15, 0.2) is 9.84 Å². The molecule has 0 aliphatic heterocycles. The monoisotopic (exact) mass is 498 g/mol. The van der Waals surface area contributed by atoms with Gasteiger partial charge in [0.25, 0.3) is 0 Å². The molecule has 0 bridgehead atoms. The minimum Gasteiger partial charge on any atom is -0.307 e. The van der Waals surface area contributed by atoms with E-state index in [9.17, 15) is 30.8 Å². The Balaban J connectivity index is 1.65. The van der Waals surface area contributed by atoms with E-state index in [1.165, 1.54) is 23.5 Å². The van der Waals surface area contributed by atoms with E-state index < -0.39 is 39.1 Å². The summed E-state index contributed by atoms with van der Waals surface area (Å²) in [5.41, 5.74) is -0.628. The Kier molecular flexibility index (Phi) is 6.19. The smallest absolute Gasteiger partial charge is 0.307 e. The zero-order valence-electron chi connectivity index (χ0n) is 16.9. The second-order valence-corrected chi connectivity index (χ2v) is 10.5. The van der Waals surface area contributed by atoms with Crippen molar-refractivity contribution in [3.05, 3.63) is 64.6 Å². The molecule has 2 aromatic carbocycles. The first-order valence-corrected chi connectivity index (χ1v) is 12.5. The third kappa shape index (κ3) is 5.53. The fourth-order valence-corrected chi connectivity index (χ4v) is 5.69. The zero-order valence-corrected chi connectivity index (χ0v) is 18.6. The lowest BCUT2D eigenvalue weighted by atomic mass is 10.1. The summed E-state index contributed by atoms with van der Waals surface area (Å²) in [4.78, 5) is 12.6. The molecule has 1 aliphatic carbocycles. The van der Waals surface area contributed by atoms with Gasteiger partial charge in [0.1, 0.15) is 5.82 Å². The number of rotatable bonds is 6. The highest BCUT2D eigenvalue weighted by molar-refractivity contribution is 7.91. The summed E-state index contributed by atoms with van der Waals surface area (Å²) >= 11 is 1.39. The number of sulfone groups is 1. The minimum atomic E-state index is -4.89. The van der Waals surface area contributed by atoms with Gasteiger partial charge < -0.3 is 10.6 Å². The van der Waals surface area contributed by atoms with E-state index in [4.69, 9.17) is 0 Å². The van der Waals surface area contributed by atoms with Crippen molar-refractivity contribution in [2.75, 3.05) is 16.4 Å². The molecule has 33 heavy (non-hydrogen) atoms. The Labute approximate surface area is 191 Å². The lowest BCUT2D eigenvalue weighted by Gasteiger charge is -2.16. The van der Waals surface area contributed by atoms with E-state index in [-0.39, 0.29) is 28.3 Å². The standard InChI is InChI=1S/C22H18F4N2O3S2/c23-15-3-6-19(18(9-15)22(24,25)26)27-21(29)28-20-10-16(33(30,31)12-13-1-2-13)4-5-17(20)14-7-8-32-11-14/h3-11,13H,1-2,12H2,(H2,27,28,29).